The van der Waals surface area contributed by atoms with Crippen LogP contribution in [0.5, 0.6) is 0 Å². The number of rotatable bonds is 3. The van der Waals surface area contributed by atoms with Gasteiger partial charge in [-0.2, -0.15) is 0 Å². The van der Waals surface area contributed by atoms with E-state index < -0.39 is 11.2 Å². The van der Waals surface area contributed by atoms with Crippen LogP contribution in [0.25, 0.3) is 0 Å². The van der Waals surface area contributed by atoms with Crippen LogP contribution in [0.2, 0.25) is 0 Å². The summed E-state index contributed by atoms with van der Waals surface area (Å²) in [7, 11) is 0. The molecule has 0 unspecified atom stereocenters. The number of carbonyl (C=O) groups excluding carboxylic acids is 2. The van der Waals surface area contributed by atoms with E-state index in [1.807, 2.05) is 9.80 Å². The number of aromatic amines is 2. The van der Waals surface area contributed by atoms with Crippen molar-refractivity contribution in [3.05, 3.63) is 32.1 Å². The number of piperazine rings is 1. The van der Waals surface area contributed by atoms with Gasteiger partial charge in [0.1, 0.15) is 0 Å². The van der Waals surface area contributed by atoms with Crippen molar-refractivity contribution in [2.24, 2.45) is 0 Å². The van der Waals surface area contributed by atoms with Gasteiger partial charge in [-0.15, -0.1) is 0 Å². The third-order valence-electron chi connectivity index (χ3n) is 5.37. The standard InChI is InChI=1S/C18H27N5O4/c1-13-14(16(25)20-17(26)19-13)5-6-15(24)21-9-11-23(12-10-21)18(27)22-7-3-2-4-8-22/h2-12H2,1H3,(H2,19,20,25,26). The van der Waals surface area contributed by atoms with E-state index in [0.717, 1.165) is 25.9 Å². The third-order valence-corrected chi connectivity index (χ3v) is 5.37. The molecule has 3 heterocycles. The summed E-state index contributed by atoms with van der Waals surface area (Å²) in [5.41, 5.74) is -0.0570. The highest BCUT2D eigenvalue weighted by molar-refractivity contribution is 5.78. The minimum Gasteiger partial charge on any atom is -0.339 e. The number of hydrogen-bond acceptors (Lipinski definition) is 4. The van der Waals surface area contributed by atoms with Crippen LogP contribution in [0.1, 0.15) is 36.9 Å². The summed E-state index contributed by atoms with van der Waals surface area (Å²) in [6.45, 7) is 5.41. The predicted octanol–water partition coefficient (Wildman–Crippen LogP) is 0.0543. The molecule has 2 aliphatic rings. The number of aryl methyl sites for hydroxylation is 1. The maximum absolute atomic E-state index is 12.5. The number of urea groups is 1. The van der Waals surface area contributed by atoms with Crippen LogP contribution in [0, 0.1) is 6.92 Å². The molecule has 2 fully saturated rings. The van der Waals surface area contributed by atoms with Crippen LogP contribution < -0.4 is 11.2 Å². The van der Waals surface area contributed by atoms with Crippen LogP contribution in [-0.4, -0.2) is 75.9 Å². The normalized spacial score (nSPS) is 17.9. The number of nitrogens with zero attached hydrogens (tertiary/aromatic N) is 3. The van der Waals surface area contributed by atoms with Crippen molar-refractivity contribution in [1.29, 1.82) is 0 Å². The van der Waals surface area contributed by atoms with Gasteiger partial charge >= 0.3 is 11.7 Å². The zero-order valence-corrected chi connectivity index (χ0v) is 15.8. The van der Waals surface area contributed by atoms with Crippen molar-refractivity contribution in [3.8, 4) is 0 Å². The molecule has 0 aliphatic carbocycles. The van der Waals surface area contributed by atoms with Crippen molar-refractivity contribution >= 4 is 11.9 Å². The Kier molecular flexibility index (Phi) is 5.98. The van der Waals surface area contributed by atoms with E-state index in [-0.39, 0.29) is 24.8 Å². The van der Waals surface area contributed by atoms with Crippen LogP contribution in [0.4, 0.5) is 4.79 Å². The molecule has 9 nitrogen and oxygen atoms in total. The molecule has 148 valence electrons. The number of H-pyrrole nitrogens is 2. The largest absolute Gasteiger partial charge is 0.339 e. The third kappa shape index (κ3) is 4.58. The first-order chi connectivity index (χ1) is 13.0. The number of hydrogen-bond donors (Lipinski definition) is 2. The van der Waals surface area contributed by atoms with Crippen LogP contribution in [0.3, 0.4) is 0 Å². The van der Waals surface area contributed by atoms with Crippen molar-refractivity contribution in [3.63, 3.8) is 0 Å². The summed E-state index contributed by atoms with van der Waals surface area (Å²) >= 11 is 0. The van der Waals surface area contributed by atoms with E-state index in [9.17, 15) is 19.2 Å². The van der Waals surface area contributed by atoms with E-state index in [4.69, 9.17) is 0 Å². The molecule has 2 N–H and O–H groups in total. The Bertz CT molecular complexity index is 801. The minimum atomic E-state index is -0.540. The molecule has 0 saturated carbocycles. The lowest BCUT2D eigenvalue weighted by atomic mass is 10.1. The molecule has 3 amide bonds. The monoisotopic (exact) mass is 377 g/mol. The van der Waals surface area contributed by atoms with Gasteiger partial charge in [-0.1, -0.05) is 0 Å². The van der Waals surface area contributed by atoms with Gasteiger partial charge in [0.25, 0.3) is 5.56 Å². The average molecular weight is 377 g/mol. The number of aromatic nitrogens is 2. The van der Waals surface area contributed by atoms with Crippen molar-refractivity contribution in [1.82, 2.24) is 24.7 Å². The maximum atomic E-state index is 12.5. The summed E-state index contributed by atoms with van der Waals surface area (Å²) in [4.78, 5) is 58.3. The lowest BCUT2D eigenvalue weighted by Crippen LogP contribution is -2.54. The molecule has 2 saturated heterocycles. The lowest BCUT2D eigenvalue weighted by molar-refractivity contribution is -0.132. The number of nitrogens with one attached hydrogen (secondary N) is 2. The molecule has 2 aliphatic heterocycles. The topological polar surface area (TPSA) is 110 Å². The van der Waals surface area contributed by atoms with Gasteiger partial charge in [-0.25, -0.2) is 9.59 Å². The Hall–Kier alpha value is -2.58. The molecule has 0 aromatic carbocycles. The highest BCUT2D eigenvalue weighted by atomic mass is 16.2. The van der Waals surface area contributed by atoms with Gasteiger partial charge in [0.15, 0.2) is 0 Å². The first-order valence-electron chi connectivity index (χ1n) is 9.59. The van der Waals surface area contributed by atoms with Gasteiger partial charge in [-0.3, -0.25) is 14.6 Å². The van der Waals surface area contributed by atoms with Gasteiger partial charge < -0.3 is 19.7 Å². The van der Waals surface area contributed by atoms with E-state index >= 15 is 0 Å². The van der Waals surface area contributed by atoms with Gasteiger partial charge in [0.05, 0.1) is 0 Å². The molecule has 0 radical (unpaired) electrons. The van der Waals surface area contributed by atoms with Gasteiger partial charge in [0, 0.05) is 56.9 Å². The van der Waals surface area contributed by atoms with Gasteiger partial charge in [-0.05, 0) is 32.6 Å². The molecule has 27 heavy (non-hydrogen) atoms. The highest BCUT2D eigenvalue weighted by Crippen LogP contribution is 2.13. The molecular formula is C18H27N5O4. The Morgan fingerprint density at radius 1 is 0.852 bits per heavy atom. The SMILES string of the molecule is Cc1[nH]c(=O)[nH]c(=O)c1CCC(=O)N1CCN(C(=O)N2CCCCC2)CC1. The predicted molar refractivity (Wildman–Crippen MR) is 99.7 cm³/mol. The second kappa shape index (κ2) is 8.41. The molecular weight excluding hydrogens is 350 g/mol. The second-order valence-corrected chi connectivity index (χ2v) is 7.21. The number of piperidine rings is 1. The van der Waals surface area contributed by atoms with Crippen molar-refractivity contribution < 1.29 is 9.59 Å². The van der Waals surface area contributed by atoms with Crippen LogP contribution >= 0.6 is 0 Å². The summed E-state index contributed by atoms with van der Waals surface area (Å²) in [5, 5.41) is 0. The Morgan fingerprint density at radius 2 is 1.44 bits per heavy atom. The molecule has 0 atom stereocenters. The maximum Gasteiger partial charge on any atom is 0.325 e. The smallest absolute Gasteiger partial charge is 0.325 e. The first-order valence-corrected chi connectivity index (χ1v) is 9.59. The van der Waals surface area contributed by atoms with E-state index in [1.54, 1.807) is 11.8 Å². The zero-order valence-electron chi connectivity index (χ0n) is 15.8. The molecule has 0 spiro atoms. The summed E-state index contributed by atoms with van der Waals surface area (Å²) in [6.07, 6.45) is 3.80. The molecule has 1 aromatic heterocycles. The van der Waals surface area contributed by atoms with E-state index in [2.05, 4.69) is 9.97 Å². The highest BCUT2D eigenvalue weighted by Gasteiger charge is 2.27. The zero-order chi connectivity index (χ0) is 19.4. The van der Waals surface area contributed by atoms with Crippen LogP contribution in [-0.2, 0) is 11.2 Å². The summed E-state index contributed by atoms with van der Waals surface area (Å²) in [6, 6.07) is 0.0807. The summed E-state index contributed by atoms with van der Waals surface area (Å²) in [5.74, 6) is -0.0370. The number of likely N-dealkylation sites (tertiary alicyclic amines) is 1. The molecule has 9 heteroatoms. The summed E-state index contributed by atoms with van der Waals surface area (Å²) < 4.78 is 0. The Morgan fingerprint density at radius 3 is 2.07 bits per heavy atom. The van der Waals surface area contributed by atoms with Crippen molar-refractivity contribution in [2.45, 2.75) is 39.0 Å². The minimum absolute atomic E-state index is 0.0370. The van der Waals surface area contributed by atoms with E-state index in [1.165, 1.54) is 6.42 Å². The van der Waals surface area contributed by atoms with Crippen molar-refractivity contribution in [2.75, 3.05) is 39.3 Å². The average Bonchev–Trinajstić information content (AvgIpc) is 2.67. The Labute approximate surface area is 157 Å². The fraction of sp³-hybridized carbons (Fsp3) is 0.667. The molecule has 0 bridgehead atoms. The first kappa shape index (κ1) is 19.2. The fourth-order valence-corrected chi connectivity index (χ4v) is 3.75. The number of amides is 3. The molecule has 1 aromatic rings. The lowest BCUT2D eigenvalue weighted by Gasteiger charge is -2.38. The quantitative estimate of drug-likeness (QED) is 0.776. The molecule has 3 rings (SSSR count). The van der Waals surface area contributed by atoms with Crippen LogP contribution in [0.15, 0.2) is 9.59 Å². The fourth-order valence-electron chi connectivity index (χ4n) is 3.75. The second-order valence-electron chi connectivity index (χ2n) is 7.21. The van der Waals surface area contributed by atoms with E-state index in [0.29, 0.717) is 37.4 Å². The number of carbonyl (C=O) groups is 2. The Balaban J connectivity index is 1.49. The van der Waals surface area contributed by atoms with Gasteiger partial charge in [0.2, 0.25) is 5.91 Å².